The maximum atomic E-state index is 5.23. The molecule has 0 bridgehead atoms. The molecule has 1 saturated heterocycles. The molecule has 0 saturated carbocycles. The number of benzene rings is 2. The monoisotopic (exact) mass is 258 g/mol. The summed E-state index contributed by atoms with van der Waals surface area (Å²) in [5, 5.41) is 0. The Hall–Kier alpha value is -2.04. The van der Waals surface area contributed by atoms with Crippen molar-refractivity contribution in [2.24, 2.45) is 0 Å². The van der Waals surface area contributed by atoms with Crippen LogP contribution in [-0.4, -0.2) is 14.2 Å². The van der Waals surface area contributed by atoms with Crippen molar-refractivity contribution >= 4 is 0 Å². The van der Waals surface area contributed by atoms with E-state index in [2.05, 4.69) is 0 Å². The van der Waals surface area contributed by atoms with Crippen molar-refractivity contribution in [2.75, 3.05) is 14.2 Å². The first-order valence-electron chi connectivity index (χ1n) is 5.94. The van der Waals surface area contributed by atoms with E-state index in [4.69, 9.17) is 19.2 Å². The molecule has 0 amide bonds. The van der Waals surface area contributed by atoms with E-state index in [1.807, 2.05) is 48.5 Å². The van der Waals surface area contributed by atoms with Gasteiger partial charge in [0.1, 0.15) is 11.5 Å². The molecule has 1 heterocycles. The molecule has 0 N–H and O–H groups in total. The molecule has 0 unspecified atom stereocenters. The van der Waals surface area contributed by atoms with E-state index < -0.39 is 5.79 Å². The van der Waals surface area contributed by atoms with Gasteiger partial charge in [0.25, 0.3) is 5.79 Å². The fourth-order valence-electron chi connectivity index (χ4n) is 2.02. The molecule has 0 aliphatic carbocycles. The van der Waals surface area contributed by atoms with Gasteiger partial charge in [0.2, 0.25) is 0 Å². The molecule has 19 heavy (non-hydrogen) atoms. The van der Waals surface area contributed by atoms with E-state index >= 15 is 0 Å². The van der Waals surface area contributed by atoms with Crippen LogP contribution in [0.1, 0.15) is 11.1 Å². The molecule has 98 valence electrons. The van der Waals surface area contributed by atoms with Gasteiger partial charge < -0.3 is 9.47 Å². The standard InChI is InChI=1S/C15H14O4/c1-16-13-7-3-11(4-8-13)15(18-19-15)12-5-9-14(17-2)10-6-12/h3-10H,1-2H3. The van der Waals surface area contributed by atoms with Gasteiger partial charge >= 0.3 is 0 Å². The summed E-state index contributed by atoms with van der Waals surface area (Å²) in [5.74, 6) is 0.807. The van der Waals surface area contributed by atoms with Gasteiger partial charge in [-0.2, -0.15) is 9.78 Å². The Bertz CT molecular complexity index is 506. The lowest BCUT2D eigenvalue weighted by atomic mass is 9.99. The highest BCUT2D eigenvalue weighted by atomic mass is 17.4. The lowest BCUT2D eigenvalue weighted by molar-refractivity contribution is 0.0850. The third-order valence-electron chi connectivity index (χ3n) is 3.19. The summed E-state index contributed by atoms with van der Waals surface area (Å²) in [4.78, 5) is 10.5. The first-order chi connectivity index (χ1) is 9.28. The lowest BCUT2D eigenvalue weighted by Gasteiger charge is -2.09. The third-order valence-corrected chi connectivity index (χ3v) is 3.19. The van der Waals surface area contributed by atoms with E-state index in [0.29, 0.717) is 0 Å². The summed E-state index contributed by atoms with van der Waals surface area (Å²) in [5.41, 5.74) is 1.86. The first kappa shape index (κ1) is 12.0. The highest BCUT2D eigenvalue weighted by molar-refractivity contribution is 5.40. The predicted molar refractivity (Wildman–Crippen MR) is 68.9 cm³/mol. The summed E-state index contributed by atoms with van der Waals surface area (Å²) in [6, 6.07) is 15.2. The van der Waals surface area contributed by atoms with Gasteiger partial charge in [-0.05, 0) is 48.5 Å². The van der Waals surface area contributed by atoms with Gasteiger partial charge in [0, 0.05) is 11.1 Å². The summed E-state index contributed by atoms with van der Waals surface area (Å²) < 4.78 is 10.3. The van der Waals surface area contributed by atoms with Crippen LogP contribution in [0.5, 0.6) is 11.5 Å². The Labute approximate surface area is 111 Å². The molecule has 1 aliphatic rings. The van der Waals surface area contributed by atoms with E-state index in [9.17, 15) is 0 Å². The SMILES string of the molecule is COc1ccc(C2(c3ccc(OC)cc3)OO2)cc1. The maximum Gasteiger partial charge on any atom is 0.284 e. The van der Waals surface area contributed by atoms with E-state index in [1.54, 1.807) is 14.2 Å². The zero-order valence-corrected chi connectivity index (χ0v) is 10.8. The van der Waals surface area contributed by atoms with Crippen LogP contribution in [0.3, 0.4) is 0 Å². The van der Waals surface area contributed by atoms with Crippen LogP contribution in [0.25, 0.3) is 0 Å². The molecule has 0 radical (unpaired) electrons. The van der Waals surface area contributed by atoms with Crippen LogP contribution in [0.15, 0.2) is 48.5 Å². The Morgan fingerprint density at radius 2 is 1.05 bits per heavy atom. The second-order valence-electron chi connectivity index (χ2n) is 4.24. The summed E-state index contributed by atoms with van der Waals surface area (Å²) in [6.07, 6.45) is 0. The quantitative estimate of drug-likeness (QED) is 0.624. The molecule has 4 heteroatoms. The van der Waals surface area contributed by atoms with Crippen molar-refractivity contribution < 1.29 is 19.2 Å². The summed E-state index contributed by atoms with van der Waals surface area (Å²) in [7, 11) is 3.27. The fourth-order valence-corrected chi connectivity index (χ4v) is 2.02. The van der Waals surface area contributed by atoms with Gasteiger partial charge in [-0.1, -0.05) is 0 Å². The predicted octanol–water partition coefficient (Wildman–Crippen LogP) is 2.87. The van der Waals surface area contributed by atoms with Crippen LogP contribution < -0.4 is 9.47 Å². The Morgan fingerprint density at radius 3 is 1.32 bits per heavy atom. The molecule has 4 nitrogen and oxygen atoms in total. The molecular weight excluding hydrogens is 244 g/mol. The molecule has 0 spiro atoms. The van der Waals surface area contributed by atoms with Crippen LogP contribution in [0.2, 0.25) is 0 Å². The normalized spacial score (nSPS) is 15.9. The average molecular weight is 258 g/mol. The molecule has 2 aromatic carbocycles. The second kappa shape index (κ2) is 4.57. The minimum Gasteiger partial charge on any atom is -0.497 e. The number of rotatable bonds is 4. The van der Waals surface area contributed by atoms with Crippen molar-refractivity contribution in [3.63, 3.8) is 0 Å². The van der Waals surface area contributed by atoms with Crippen molar-refractivity contribution in [1.82, 2.24) is 0 Å². The van der Waals surface area contributed by atoms with E-state index in [0.717, 1.165) is 22.6 Å². The zero-order valence-electron chi connectivity index (χ0n) is 10.8. The summed E-state index contributed by atoms with van der Waals surface area (Å²) in [6.45, 7) is 0. The minimum atomic E-state index is -0.793. The van der Waals surface area contributed by atoms with Crippen LogP contribution >= 0.6 is 0 Å². The molecule has 3 rings (SSSR count). The Balaban J connectivity index is 1.92. The fraction of sp³-hybridized carbons (Fsp3) is 0.200. The van der Waals surface area contributed by atoms with Crippen LogP contribution in [0, 0.1) is 0 Å². The van der Waals surface area contributed by atoms with Crippen molar-refractivity contribution in [3.05, 3.63) is 59.7 Å². The lowest BCUT2D eigenvalue weighted by Crippen LogP contribution is -2.09. The van der Waals surface area contributed by atoms with Crippen molar-refractivity contribution in [3.8, 4) is 11.5 Å². The smallest absolute Gasteiger partial charge is 0.284 e. The largest absolute Gasteiger partial charge is 0.497 e. The maximum absolute atomic E-state index is 5.23. The minimum absolute atomic E-state index is 0.793. The van der Waals surface area contributed by atoms with Gasteiger partial charge in [-0.3, -0.25) is 0 Å². The van der Waals surface area contributed by atoms with Gasteiger partial charge in [0.15, 0.2) is 0 Å². The number of hydrogen-bond donors (Lipinski definition) is 0. The van der Waals surface area contributed by atoms with Gasteiger partial charge in [0.05, 0.1) is 14.2 Å². The molecular formula is C15H14O4. The first-order valence-corrected chi connectivity index (χ1v) is 5.94. The van der Waals surface area contributed by atoms with E-state index in [1.165, 1.54) is 0 Å². The number of methoxy groups -OCH3 is 2. The van der Waals surface area contributed by atoms with Crippen molar-refractivity contribution in [1.29, 1.82) is 0 Å². The highest BCUT2D eigenvalue weighted by Crippen LogP contribution is 2.47. The highest BCUT2D eigenvalue weighted by Gasteiger charge is 2.52. The van der Waals surface area contributed by atoms with Gasteiger partial charge in [-0.25, -0.2) is 0 Å². The van der Waals surface area contributed by atoms with E-state index in [-0.39, 0.29) is 0 Å². The van der Waals surface area contributed by atoms with Crippen LogP contribution in [-0.2, 0) is 15.6 Å². The third kappa shape index (κ3) is 2.05. The summed E-state index contributed by atoms with van der Waals surface area (Å²) >= 11 is 0. The zero-order chi connectivity index (χ0) is 13.3. The molecule has 2 aromatic rings. The number of ether oxygens (including phenoxy) is 2. The van der Waals surface area contributed by atoms with Gasteiger partial charge in [-0.15, -0.1) is 0 Å². The average Bonchev–Trinajstić information content (AvgIpc) is 3.29. The molecule has 1 aliphatic heterocycles. The molecule has 1 fully saturated rings. The van der Waals surface area contributed by atoms with Crippen molar-refractivity contribution in [2.45, 2.75) is 5.79 Å². The molecule has 0 aromatic heterocycles. The Kier molecular flexibility index (Phi) is 2.89. The topological polar surface area (TPSA) is 43.5 Å². The van der Waals surface area contributed by atoms with Crippen LogP contribution in [0.4, 0.5) is 0 Å². The Morgan fingerprint density at radius 1 is 0.684 bits per heavy atom. The molecule has 0 atom stereocenters. The second-order valence-corrected chi connectivity index (χ2v) is 4.24. The number of hydrogen-bond acceptors (Lipinski definition) is 4.